The fraction of sp³-hybridized carbons (Fsp3) is 0.158. The van der Waals surface area contributed by atoms with Gasteiger partial charge in [-0.25, -0.2) is 0 Å². The Morgan fingerprint density at radius 2 is 1.78 bits per heavy atom. The third-order valence-corrected chi connectivity index (χ3v) is 4.25. The van der Waals surface area contributed by atoms with Gasteiger partial charge in [0.2, 0.25) is 0 Å². The zero-order valence-electron chi connectivity index (χ0n) is 12.8. The van der Waals surface area contributed by atoms with Gasteiger partial charge in [-0.15, -0.1) is 0 Å². The first-order valence-electron chi connectivity index (χ1n) is 7.29. The van der Waals surface area contributed by atoms with Crippen LogP contribution in [0.25, 0.3) is 10.8 Å². The van der Waals surface area contributed by atoms with Crippen LogP contribution in [0.4, 0.5) is 0 Å². The fourth-order valence-corrected chi connectivity index (χ4v) is 2.91. The molecule has 0 atom stereocenters. The molecule has 0 aliphatic carbocycles. The number of halogens is 1. The Bertz CT molecular complexity index is 813. The van der Waals surface area contributed by atoms with Crippen molar-refractivity contribution in [2.45, 2.75) is 13.2 Å². The summed E-state index contributed by atoms with van der Waals surface area (Å²) in [6.45, 7) is 0.451. The minimum Gasteiger partial charge on any atom is -0.496 e. The Hall–Kier alpha value is -2.04. The van der Waals surface area contributed by atoms with Crippen molar-refractivity contribution in [2.24, 2.45) is 0 Å². The molecule has 118 valence electrons. The summed E-state index contributed by atoms with van der Waals surface area (Å²) in [6, 6.07) is 17.6. The molecule has 0 fully saturated rings. The molecule has 1 N–H and O–H groups in total. The van der Waals surface area contributed by atoms with E-state index < -0.39 is 0 Å². The van der Waals surface area contributed by atoms with E-state index in [2.05, 4.69) is 28.1 Å². The van der Waals surface area contributed by atoms with E-state index in [1.807, 2.05) is 42.5 Å². The third kappa shape index (κ3) is 3.49. The van der Waals surface area contributed by atoms with Crippen LogP contribution in [0.5, 0.6) is 11.5 Å². The Balaban J connectivity index is 1.91. The summed E-state index contributed by atoms with van der Waals surface area (Å²) in [5.74, 6) is 1.57. The van der Waals surface area contributed by atoms with E-state index in [0.29, 0.717) is 6.61 Å². The second kappa shape index (κ2) is 7.02. The van der Waals surface area contributed by atoms with Gasteiger partial charge in [-0.1, -0.05) is 40.2 Å². The molecule has 0 radical (unpaired) electrons. The quantitative estimate of drug-likeness (QED) is 0.706. The van der Waals surface area contributed by atoms with Gasteiger partial charge in [-0.3, -0.25) is 0 Å². The zero-order chi connectivity index (χ0) is 16.2. The van der Waals surface area contributed by atoms with E-state index in [1.165, 1.54) is 0 Å². The van der Waals surface area contributed by atoms with Crippen molar-refractivity contribution in [1.29, 1.82) is 0 Å². The fourth-order valence-electron chi connectivity index (χ4n) is 2.53. The number of ether oxygens (including phenoxy) is 2. The van der Waals surface area contributed by atoms with E-state index in [-0.39, 0.29) is 6.61 Å². The van der Waals surface area contributed by atoms with Gasteiger partial charge < -0.3 is 14.6 Å². The van der Waals surface area contributed by atoms with Crippen LogP contribution in [0.15, 0.2) is 59.1 Å². The average molecular weight is 373 g/mol. The Morgan fingerprint density at radius 1 is 1.00 bits per heavy atom. The molecule has 0 aromatic heterocycles. The molecule has 0 aliphatic heterocycles. The molecule has 3 nitrogen and oxygen atoms in total. The van der Waals surface area contributed by atoms with Crippen molar-refractivity contribution < 1.29 is 14.6 Å². The molecule has 0 heterocycles. The predicted octanol–water partition coefficient (Wildman–Crippen LogP) is 4.68. The van der Waals surface area contributed by atoms with Crippen molar-refractivity contribution in [2.75, 3.05) is 7.11 Å². The van der Waals surface area contributed by atoms with Gasteiger partial charge in [-0.2, -0.15) is 0 Å². The number of hydrogen-bond donors (Lipinski definition) is 1. The largest absolute Gasteiger partial charge is 0.496 e. The van der Waals surface area contributed by atoms with Gasteiger partial charge in [0.1, 0.15) is 18.1 Å². The molecule has 23 heavy (non-hydrogen) atoms. The molecule has 0 saturated carbocycles. The number of rotatable bonds is 5. The van der Waals surface area contributed by atoms with Crippen molar-refractivity contribution in [3.63, 3.8) is 0 Å². The average Bonchev–Trinajstić information content (AvgIpc) is 2.59. The van der Waals surface area contributed by atoms with Gasteiger partial charge in [0.15, 0.2) is 0 Å². The molecule has 4 heteroatoms. The van der Waals surface area contributed by atoms with Gasteiger partial charge in [0, 0.05) is 10.0 Å². The summed E-state index contributed by atoms with van der Waals surface area (Å²) in [7, 11) is 1.67. The lowest BCUT2D eigenvalue weighted by atomic mass is 10.0. The van der Waals surface area contributed by atoms with Crippen LogP contribution in [-0.4, -0.2) is 12.2 Å². The zero-order valence-corrected chi connectivity index (χ0v) is 14.3. The Kier molecular flexibility index (Phi) is 4.84. The second-order valence-corrected chi connectivity index (χ2v) is 6.12. The topological polar surface area (TPSA) is 38.7 Å². The summed E-state index contributed by atoms with van der Waals surface area (Å²) in [5, 5.41) is 11.3. The number of fused-ring (bicyclic) bond motifs is 1. The van der Waals surface area contributed by atoms with Crippen LogP contribution in [0, 0.1) is 0 Å². The summed E-state index contributed by atoms with van der Waals surface area (Å²) >= 11 is 3.50. The van der Waals surface area contributed by atoms with Gasteiger partial charge >= 0.3 is 0 Å². The minimum atomic E-state index is 0.0340. The standard InChI is InChI=1S/C19H17BrO3/c1-22-19-9-4-14-10-15(20)5-8-17(14)18(19)12-23-16-6-2-13(11-21)3-7-16/h2-10,21H,11-12H2,1H3. The summed E-state index contributed by atoms with van der Waals surface area (Å²) in [4.78, 5) is 0. The molecule has 0 amide bonds. The molecule has 3 rings (SSSR count). The van der Waals surface area contributed by atoms with Crippen LogP contribution in [0.2, 0.25) is 0 Å². The maximum atomic E-state index is 9.08. The van der Waals surface area contributed by atoms with Crippen molar-refractivity contribution >= 4 is 26.7 Å². The molecule has 0 spiro atoms. The minimum absolute atomic E-state index is 0.0340. The predicted molar refractivity (Wildman–Crippen MR) is 94.9 cm³/mol. The lowest BCUT2D eigenvalue weighted by molar-refractivity contribution is 0.280. The summed E-state index contributed by atoms with van der Waals surface area (Å²) < 4.78 is 12.4. The van der Waals surface area contributed by atoms with E-state index in [4.69, 9.17) is 14.6 Å². The van der Waals surface area contributed by atoms with Crippen LogP contribution in [0.1, 0.15) is 11.1 Å². The molecular weight excluding hydrogens is 356 g/mol. The molecule has 0 saturated heterocycles. The maximum absolute atomic E-state index is 9.08. The van der Waals surface area contributed by atoms with Crippen molar-refractivity contribution in [3.05, 3.63) is 70.2 Å². The lowest BCUT2D eigenvalue weighted by Crippen LogP contribution is -2.00. The first kappa shape index (κ1) is 15.8. The molecule has 0 unspecified atom stereocenters. The van der Waals surface area contributed by atoms with Crippen LogP contribution < -0.4 is 9.47 Å². The maximum Gasteiger partial charge on any atom is 0.126 e. The van der Waals surface area contributed by atoms with Crippen LogP contribution >= 0.6 is 15.9 Å². The smallest absolute Gasteiger partial charge is 0.126 e. The normalized spacial score (nSPS) is 10.7. The Labute approximate surface area is 143 Å². The second-order valence-electron chi connectivity index (χ2n) is 5.20. The SMILES string of the molecule is COc1ccc2cc(Br)ccc2c1COc1ccc(CO)cc1. The van der Waals surface area contributed by atoms with Gasteiger partial charge in [0.25, 0.3) is 0 Å². The monoisotopic (exact) mass is 372 g/mol. The Morgan fingerprint density at radius 3 is 2.48 bits per heavy atom. The molecule has 0 aliphatic rings. The lowest BCUT2D eigenvalue weighted by Gasteiger charge is -2.14. The van der Waals surface area contributed by atoms with Gasteiger partial charge in [-0.05, 0) is 46.7 Å². The van der Waals surface area contributed by atoms with E-state index in [0.717, 1.165) is 37.9 Å². The first-order valence-corrected chi connectivity index (χ1v) is 8.08. The summed E-state index contributed by atoms with van der Waals surface area (Å²) in [6.07, 6.45) is 0. The van der Waals surface area contributed by atoms with Crippen molar-refractivity contribution in [3.8, 4) is 11.5 Å². The van der Waals surface area contributed by atoms with E-state index in [1.54, 1.807) is 7.11 Å². The highest BCUT2D eigenvalue weighted by molar-refractivity contribution is 9.10. The molecule has 0 bridgehead atoms. The third-order valence-electron chi connectivity index (χ3n) is 3.76. The van der Waals surface area contributed by atoms with E-state index >= 15 is 0 Å². The number of hydrogen-bond acceptors (Lipinski definition) is 3. The highest BCUT2D eigenvalue weighted by Crippen LogP contribution is 2.31. The number of aliphatic hydroxyl groups excluding tert-OH is 1. The highest BCUT2D eigenvalue weighted by atomic mass is 79.9. The first-order chi connectivity index (χ1) is 11.2. The molecular formula is C19H17BrO3. The van der Waals surface area contributed by atoms with Crippen LogP contribution in [0.3, 0.4) is 0 Å². The van der Waals surface area contributed by atoms with Crippen molar-refractivity contribution in [1.82, 2.24) is 0 Å². The van der Waals surface area contributed by atoms with E-state index in [9.17, 15) is 0 Å². The highest BCUT2D eigenvalue weighted by Gasteiger charge is 2.10. The number of benzene rings is 3. The van der Waals surface area contributed by atoms with Gasteiger partial charge in [0.05, 0.1) is 13.7 Å². The summed E-state index contributed by atoms with van der Waals surface area (Å²) in [5.41, 5.74) is 1.88. The molecule has 3 aromatic carbocycles. The van der Waals surface area contributed by atoms with Crippen LogP contribution in [-0.2, 0) is 13.2 Å². The molecule has 3 aromatic rings. The number of methoxy groups -OCH3 is 1. The number of aliphatic hydroxyl groups is 1.